The molecule has 0 N–H and O–H groups in total. The van der Waals surface area contributed by atoms with Crippen LogP contribution >= 0.6 is 0 Å². The molecule has 8 heteroatoms. The molecule has 0 aliphatic heterocycles. The molecule has 8 rings (SSSR count). The van der Waals surface area contributed by atoms with Gasteiger partial charge in [-0.2, -0.15) is 9.36 Å². The number of para-hydroxylation sites is 2. The summed E-state index contributed by atoms with van der Waals surface area (Å²) in [5.74, 6) is 0.923. The Morgan fingerprint density at radius 2 is 0.833 bits per heavy atom. The molecular formula is C34H22N8. The molecule has 8 aromatic rings. The van der Waals surface area contributed by atoms with Crippen molar-refractivity contribution in [2.24, 2.45) is 9.98 Å². The molecule has 2 heterocycles. The number of benzene rings is 6. The number of aliphatic imine (C=N–C) groups is 2. The summed E-state index contributed by atoms with van der Waals surface area (Å²) in [4.78, 5) is 10.6. The van der Waals surface area contributed by atoms with Gasteiger partial charge >= 0.3 is 0 Å². The fraction of sp³-hybridized carbons (Fsp3) is 0. The molecule has 0 fully saturated rings. The highest BCUT2D eigenvalue weighted by atomic mass is 15.5. The molecule has 0 saturated carbocycles. The maximum Gasteiger partial charge on any atom is 0.201 e. The first kappa shape index (κ1) is 23.8. The van der Waals surface area contributed by atoms with Gasteiger partial charge in [-0.25, -0.2) is 9.98 Å². The van der Waals surface area contributed by atoms with Gasteiger partial charge in [0.15, 0.2) is 0 Å². The number of fused-ring (bicyclic) bond motifs is 4. The molecule has 0 aliphatic carbocycles. The van der Waals surface area contributed by atoms with E-state index in [1.165, 1.54) is 0 Å². The number of hydrogen-bond donors (Lipinski definition) is 0. The van der Waals surface area contributed by atoms with Crippen molar-refractivity contribution >= 4 is 66.7 Å². The summed E-state index contributed by atoms with van der Waals surface area (Å²) in [5.41, 5.74) is 4.64. The highest BCUT2D eigenvalue weighted by Crippen LogP contribution is 2.29. The van der Waals surface area contributed by atoms with E-state index < -0.39 is 0 Å². The van der Waals surface area contributed by atoms with Crippen molar-refractivity contribution in [3.05, 3.63) is 133 Å². The lowest BCUT2D eigenvalue weighted by atomic mass is 10.1. The second kappa shape index (κ2) is 9.87. The second-order valence-corrected chi connectivity index (χ2v) is 9.85. The minimum atomic E-state index is 0.462. The normalized spacial score (nSPS) is 12.6. The van der Waals surface area contributed by atoms with Crippen LogP contribution in [0.4, 0.5) is 11.4 Å². The summed E-state index contributed by atoms with van der Waals surface area (Å²) < 4.78 is 3.47. The summed E-state index contributed by atoms with van der Waals surface area (Å²) >= 11 is 0. The fourth-order valence-corrected chi connectivity index (χ4v) is 5.27. The Morgan fingerprint density at radius 3 is 1.33 bits per heavy atom. The topological polar surface area (TPSA) is 86.1 Å². The fourth-order valence-electron chi connectivity index (χ4n) is 5.27. The Kier molecular flexibility index (Phi) is 5.60. The van der Waals surface area contributed by atoms with E-state index in [0.29, 0.717) is 11.7 Å². The Hall–Kier alpha value is -6.02. The molecule has 0 radical (unpaired) electrons. The van der Waals surface area contributed by atoms with E-state index in [-0.39, 0.29) is 0 Å². The van der Waals surface area contributed by atoms with E-state index in [1.807, 2.05) is 97.1 Å². The van der Waals surface area contributed by atoms with Crippen LogP contribution in [0.25, 0.3) is 43.6 Å². The van der Waals surface area contributed by atoms with Crippen molar-refractivity contribution in [1.82, 2.24) is 30.0 Å². The van der Waals surface area contributed by atoms with Gasteiger partial charge in [-0.05, 0) is 47.2 Å². The maximum absolute atomic E-state index is 5.28. The highest BCUT2D eigenvalue weighted by Gasteiger charge is 2.23. The van der Waals surface area contributed by atoms with Gasteiger partial charge in [0.25, 0.3) is 0 Å². The molecule has 0 spiro atoms. The van der Waals surface area contributed by atoms with Crippen LogP contribution in [0.5, 0.6) is 0 Å². The van der Waals surface area contributed by atoms with Crippen molar-refractivity contribution in [1.29, 1.82) is 0 Å². The zero-order valence-electron chi connectivity index (χ0n) is 22.3. The Labute approximate surface area is 239 Å². The third kappa shape index (κ3) is 4.01. The third-order valence-electron chi connectivity index (χ3n) is 7.29. The number of hydrogen-bond acceptors (Lipinski definition) is 6. The van der Waals surface area contributed by atoms with Crippen molar-refractivity contribution in [3.63, 3.8) is 0 Å². The molecule has 0 bridgehead atoms. The van der Waals surface area contributed by atoms with E-state index in [1.54, 1.807) is 9.36 Å². The van der Waals surface area contributed by atoms with Gasteiger partial charge in [0.05, 0.1) is 22.4 Å². The van der Waals surface area contributed by atoms with Gasteiger partial charge in [0, 0.05) is 10.8 Å². The zero-order valence-corrected chi connectivity index (χ0v) is 22.3. The van der Waals surface area contributed by atoms with E-state index in [4.69, 9.17) is 9.98 Å². The Balaban J connectivity index is 1.49. The zero-order chi connectivity index (χ0) is 27.9. The van der Waals surface area contributed by atoms with E-state index in [9.17, 15) is 0 Å². The summed E-state index contributed by atoms with van der Waals surface area (Å²) in [5, 5.41) is 22.3. The number of aromatic nitrogens is 6. The Morgan fingerprint density at radius 1 is 0.429 bits per heavy atom. The summed E-state index contributed by atoms with van der Waals surface area (Å²) in [6.07, 6.45) is 0. The van der Waals surface area contributed by atoms with Gasteiger partial charge < -0.3 is 0 Å². The molecule has 0 unspecified atom stereocenters. The molecule has 0 atom stereocenters. The van der Waals surface area contributed by atoms with Crippen molar-refractivity contribution in [3.8, 4) is 0 Å². The molecule has 0 amide bonds. The molecule has 0 saturated heterocycles. The SMILES string of the molecule is c1ccc2c(N=C(C(=Nc3cccc4ccccc34)n3nnc4ccccc43)n3nnc4ccccc43)cccc2c1. The van der Waals surface area contributed by atoms with Gasteiger partial charge in [-0.15, -0.1) is 10.2 Å². The van der Waals surface area contributed by atoms with Crippen LogP contribution in [0.15, 0.2) is 143 Å². The maximum atomic E-state index is 5.28. The molecule has 8 nitrogen and oxygen atoms in total. The van der Waals surface area contributed by atoms with Crippen LogP contribution in [0.3, 0.4) is 0 Å². The van der Waals surface area contributed by atoms with Crippen LogP contribution < -0.4 is 0 Å². The highest BCUT2D eigenvalue weighted by molar-refractivity contribution is 6.44. The molecule has 6 aromatic carbocycles. The molecule has 42 heavy (non-hydrogen) atoms. The average molecular weight is 543 g/mol. The smallest absolute Gasteiger partial charge is 0.201 e. The predicted molar refractivity (Wildman–Crippen MR) is 168 cm³/mol. The lowest BCUT2D eigenvalue weighted by Gasteiger charge is -2.13. The lowest BCUT2D eigenvalue weighted by molar-refractivity contribution is 0.841. The van der Waals surface area contributed by atoms with Crippen LogP contribution in [-0.2, 0) is 0 Å². The molecular weight excluding hydrogens is 520 g/mol. The quantitative estimate of drug-likeness (QED) is 0.169. The Bertz CT molecular complexity index is 2150. The predicted octanol–water partition coefficient (Wildman–Crippen LogP) is 7.34. The van der Waals surface area contributed by atoms with Gasteiger partial charge in [0.1, 0.15) is 11.0 Å². The summed E-state index contributed by atoms with van der Waals surface area (Å²) in [6.45, 7) is 0. The van der Waals surface area contributed by atoms with Gasteiger partial charge in [-0.3, -0.25) is 0 Å². The minimum absolute atomic E-state index is 0.462. The first-order valence-corrected chi connectivity index (χ1v) is 13.6. The van der Waals surface area contributed by atoms with E-state index >= 15 is 0 Å². The molecule has 198 valence electrons. The minimum Gasteiger partial charge on any atom is -0.225 e. The van der Waals surface area contributed by atoms with Crippen molar-refractivity contribution < 1.29 is 0 Å². The number of nitrogens with zero attached hydrogens (tertiary/aromatic N) is 8. The van der Waals surface area contributed by atoms with Gasteiger partial charge in [-0.1, -0.05) is 107 Å². The number of rotatable bonds is 2. The summed E-state index contributed by atoms with van der Waals surface area (Å²) in [7, 11) is 0. The first-order chi connectivity index (χ1) is 20.8. The summed E-state index contributed by atoms with van der Waals surface area (Å²) in [6, 6.07) is 44.2. The standard InChI is InChI=1S/C34H22N8/c1-3-15-25-23(11-1)13-9-19-27(25)35-33(41-31-21-7-5-17-29(31)37-39-41)34(42-32-22-8-6-18-30(32)38-40-42)36-28-20-10-14-24-12-2-4-16-26(24)28/h1-22H. The van der Waals surface area contributed by atoms with Gasteiger partial charge in [0.2, 0.25) is 11.7 Å². The largest absolute Gasteiger partial charge is 0.225 e. The van der Waals surface area contributed by atoms with Crippen LogP contribution in [0.2, 0.25) is 0 Å². The average Bonchev–Trinajstić information content (AvgIpc) is 3.68. The second-order valence-electron chi connectivity index (χ2n) is 9.85. The van der Waals surface area contributed by atoms with Crippen LogP contribution in [0.1, 0.15) is 0 Å². The van der Waals surface area contributed by atoms with Crippen molar-refractivity contribution in [2.45, 2.75) is 0 Å². The van der Waals surface area contributed by atoms with E-state index in [0.717, 1.165) is 55.0 Å². The lowest BCUT2D eigenvalue weighted by Crippen LogP contribution is -2.31. The van der Waals surface area contributed by atoms with Crippen molar-refractivity contribution in [2.75, 3.05) is 0 Å². The van der Waals surface area contributed by atoms with Crippen LogP contribution in [-0.4, -0.2) is 41.7 Å². The monoisotopic (exact) mass is 542 g/mol. The molecule has 0 aliphatic rings. The molecule has 2 aromatic heterocycles. The first-order valence-electron chi connectivity index (χ1n) is 13.6. The van der Waals surface area contributed by atoms with Crippen LogP contribution in [0, 0.1) is 0 Å². The third-order valence-corrected chi connectivity index (χ3v) is 7.29. The van der Waals surface area contributed by atoms with E-state index in [2.05, 4.69) is 57.0 Å².